The first kappa shape index (κ1) is 14.4. The van der Waals surface area contributed by atoms with Crippen molar-refractivity contribution in [2.75, 3.05) is 7.11 Å². The van der Waals surface area contributed by atoms with E-state index in [0.717, 1.165) is 5.56 Å². The van der Waals surface area contributed by atoms with Gasteiger partial charge in [0.05, 0.1) is 7.11 Å². The zero-order valence-corrected chi connectivity index (χ0v) is 12.7. The van der Waals surface area contributed by atoms with Gasteiger partial charge in [-0.05, 0) is 30.5 Å². The molecule has 110 valence electrons. The van der Waals surface area contributed by atoms with E-state index in [4.69, 9.17) is 32.5 Å². The first-order valence-electron chi connectivity index (χ1n) is 6.41. The van der Waals surface area contributed by atoms with Crippen molar-refractivity contribution in [2.24, 2.45) is 0 Å². The maximum atomic E-state index is 11.8. The number of rotatable bonds is 4. The molecule has 0 spiro atoms. The first-order chi connectivity index (χ1) is 10.1. The van der Waals surface area contributed by atoms with Crippen LogP contribution >= 0.6 is 23.2 Å². The summed E-state index contributed by atoms with van der Waals surface area (Å²) >= 11 is 12.2. The van der Waals surface area contributed by atoms with Gasteiger partial charge in [0.25, 0.3) is 0 Å². The third kappa shape index (κ3) is 2.51. The quantitative estimate of drug-likeness (QED) is 0.807. The average molecular weight is 327 g/mol. The highest BCUT2D eigenvalue weighted by molar-refractivity contribution is 6.36. The molecule has 0 radical (unpaired) electrons. The minimum Gasteiger partial charge on any atom is -0.468 e. The van der Waals surface area contributed by atoms with Crippen LogP contribution in [0.1, 0.15) is 30.1 Å². The number of aromatic nitrogens is 2. The van der Waals surface area contributed by atoms with Crippen LogP contribution in [0.2, 0.25) is 10.0 Å². The van der Waals surface area contributed by atoms with Crippen LogP contribution in [0.15, 0.2) is 22.7 Å². The highest BCUT2D eigenvalue weighted by atomic mass is 35.5. The highest BCUT2D eigenvalue weighted by Crippen LogP contribution is 2.48. The van der Waals surface area contributed by atoms with Crippen LogP contribution in [-0.4, -0.2) is 23.2 Å². The second-order valence-electron chi connectivity index (χ2n) is 4.97. The third-order valence-corrected chi connectivity index (χ3v) is 4.31. The number of hydrogen-bond donors (Lipinski definition) is 0. The molecule has 1 aliphatic rings. The Balaban J connectivity index is 1.85. The monoisotopic (exact) mass is 326 g/mol. The highest BCUT2D eigenvalue weighted by Gasteiger charge is 2.57. The van der Waals surface area contributed by atoms with Crippen molar-refractivity contribution >= 4 is 29.2 Å². The summed E-state index contributed by atoms with van der Waals surface area (Å²) in [7, 11) is 1.35. The van der Waals surface area contributed by atoms with Gasteiger partial charge in [0.1, 0.15) is 5.41 Å². The molecule has 1 heterocycles. The Labute approximate surface area is 131 Å². The molecule has 1 aromatic carbocycles. The Bertz CT molecular complexity index is 675. The fraction of sp³-hybridized carbons (Fsp3) is 0.357. The van der Waals surface area contributed by atoms with Gasteiger partial charge in [-0.3, -0.25) is 4.79 Å². The number of carbonyl (C=O) groups excluding carboxylic acids is 1. The van der Waals surface area contributed by atoms with E-state index in [1.54, 1.807) is 18.2 Å². The predicted molar refractivity (Wildman–Crippen MR) is 76.5 cm³/mol. The number of ether oxygens (including phenoxy) is 1. The SMILES string of the molecule is COC(=O)C1(c2nc(Cc3c(Cl)cccc3Cl)no2)CC1. The molecule has 7 heteroatoms. The first-order valence-corrected chi connectivity index (χ1v) is 7.17. The lowest BCUT2D eigenvalue weighted by Gasteiger charge is -2.06. The van der Waals surface area contributed by atoms with Gasteiger partial charge >= 0.3 is 5.97 Å². The Morgan fingerprint density at radius 1 is 1.38 bits per heavy atom. The molecule has 3 rings (SSSR count). The molecule has 1 aromatic heterocycles. The van der Waals surface area contributed by atoms with Crippen LogP contribution in [0.3, 0.4) is 0 Å². The van der Waals surface area contributed by atoms with Crippen LogP contribution in [0, 0.1) is 0 Å². The van der Waals surface area contributed by atoms with E-state index in [9.17, 15) is 4.79 Å². The van der Waals surface area contributed by atoms with Crippen molar-refractivity contribution in [1.82, 2.24) is 10.1 Å². The van der Waals surface area contributed by atoms with Crippen molar-refractivity contribution in [1.29, 1.82) is 0 Å². The summed E-state index contributed by atoms with van der Waals surface area (Å²) < 4.78 is 10.0. The summed E-state index contributed by atoms with van der Waals surface area (Å²) in [4.78, 5) is 16.1. The average Bonchev–Trinajstić information content (AvgIpc) is 3.15. The number of carbonyl (C=O) groups is 1. The zero-order chi connectivity index (χ0) is 15.0. The minimum atomic E-state index is -0.760. The van der Waals surface area contributed by atoms with Gasteiger partial charge in [0.15, 0.2) is 5.82 Å². The maximum absolute atomic E-state index is 11.8. The summed E-state index contributed by atoms with van der Waals surface area (Å²) in [5, 5.41) is 4.99. The molecule has 0 aliphatic heterocycles. The molecule has 0 amide bonds. The number of hydrogen-bond acceptors (Lipinski definition) is 5. The van der Waals surface area contributed by atoms with Gasteiger partial charge < -0.3 is 9.26 Å². The number of nitrogens with zero attached hydrogens (tertiary/aromatic N) is 2. The van der Waals surface area contributed by atoms with Crippen molar-refractivity contribution in [3.8, 4) is 0 Å². The summed E-state index contributed by atoms with van der Waals surface area (Å²) in [6, 6.07) is 5.27. The number of halogens is 2. The molecule has 0 saturated heterocycles. The number of methoxy groups -OCH3 is 1. The normalized spacial score (nSPS) is 15.8. The van der Waals surface area contributed by atoms with Crippen molar-refractivity contribution in [3.05, 3.63) is 45.5 Å². The molecule has 1 fully saturated rings. The third-order valence-electron chi connectivity index (χ3n) is 3.60. The van der Waals surface area contributed by atoms with Crippen LogP contribution in [0.5, 0.6) is 0 Å². The van der Waals surface area contributed by atoms with Crippen molar-refractivity contribution < 1.29 is 14.1 Å². The van der Waals surface area contributed by atoms with E-state index in [-0.39, 0.29) is 5.97 Å². The van der Waals surface area contributed by atoms with Crippen LogP contribution in [0.4, 0.5) is 0 Å². The van der Waals surface area contributed by atoms with Crippen molar-refractivity contribution in [2.45, 2.75) is 24.7 Å². The van der Waals surface area contributed by atoms with E-state index >= 15 is 0 Å². The smallest absolute Gasteiger partial charge is 0.321 e. The molecule has 1 saturated carbocycles. The summed E-state index contributed by atoms with van der Waals surface area (Å²) in [5.41, 5.74) is -0.0271. The Hall–Kier alpha value is -1.59. The summed E-state index contributed by atoms with van der Waals surface area (Å²) in [6.07, 6.45) is 1.67. The van der Waals surface area contributed by atoms with Gasteiger partial charge in [-0.2, -0.15) is 4.98 Å². The number of esters is 1. The van der Waals surface area contributed by atoms with E-state index in [2.05, 4.69) is 10.1 Å². The molecule has 0 unspecified atom stereocenters. The largest absolute Gasteiger partial charge is 0.468 e. The minimum absolute atomic E-state index is 0.299. The lowest BCUT2D eigenvalue weighted by atomic mass is 10.1. The fourth-order valence-electron chi connectivity index (χ4n) is 2.21. The second kappa shape index (κ2) is 5.31. The molecule has 21 heavy (non-hydrogen) atoms. The molecule has 0 atom stereocenters. The van der Waals surface area contributed by atoms with Crippen molar-refractivity contribution in [3.63, 3.8) is 0 Å². The molecule has 0 N–H and O–H groups in total. The summed E-state index contributed by atoms with van der Waals surface area (Å²) in [6.45, 7) is 0. The van der Waals surface area contributed by atoms with Gasteiger partial charge in [-0.15, -0.1) is 0 Å². The molecule has 0 bridgehead atoms. The standard InChI is InChI=1S/C14H12Cl2N2O3/c1-20-13(19)14(5-6-14)12-17-11(18-21-12)7-8-9(15)3-2-4-10(8)16/h2-4H,5-7H2,1H3. The van der Waals surface area contributed by atoms with E-state index in [1.165, 1.54) is 7.11 Å². The fourth-order valence-corrected chi connectivity index (χ4v) is 2.74. The molecular weight excluding hydrogens is 315 g/mol. The van der Waals surface area contributed by atoms with Gasteiger partial charge in [-0.1, -0.05) is 34.4 Å². The van der Waals surface area contributed by atoms with Gasteiger partial charge in [0.2, 0.25) is 5.89 Å². The second-order valence-corrected chi connectivity index (χ2v) is 5.78. The van der Waals surface area contributed by atoms with E-state index in [0.29, 0.717) is 41.0 Å². The van der Waals surface area contributed by atoms with E-state index in [1.807, 2.05) is 0 Å². The molecule has 5 nitrogen and oxygen atoms in total. The van der Waals surface area contributed by atoms with Crippen LogP contribution in [-0.2, 0) is 21.4 Å². The zero-order valence-electron chi connectivity index (χ0n) is 11.2. The van der Waals surface area contributed by atoms with Crippen LogP contribution < -0.4 is 0 Å². The molecular formula is C14H12Cl2N2O3. The maximum Gasteiger partial charge on any atom is 0.321 e. The lowest BCUT2D eigenvalue weighted by molar-refractivity contribution is -0.144. The van der Waals surface area contributed by atoms with Crippen LogP contribution in [0.25, 0.3) is 0 Å². The van der Waals surface area contributed by atoms with Gasteiger partial charge in [0, 0.05) is 16.5 Å². The topological polar surface area (TPSA) is 65.2 Å². The Morgan fingerprint density at radius 2 is 2.05 bits per heavy atom. The van der Waals surface area contributed by atoms with E-state index < -0.39 is 5.41 Å². The molecule has 1 aliphatic carbocycles. The Morgan fingerprint density at radius 3 is 2.62 bits per heavy atom. The summed E-state index contributed by atoms with van der Waals surface area (Å²) in [5.74, 6) is 0.399. The predicted octanol–water partition coefficient (Wildman–Crippen LogP) is 3.17. The Kier molecular flexibility index (Phi) is 3.63. The lowest BCUT2D eigenvalue weighted by Crippen LogP contribution is -2.22. The number of benzene rings is 1. The van der Waals surface area contributed by atoms with Gasteiger partial charge in [-0.25, -0.2) is 0 Å². The molecule has 2 aromatic rings.